The van der Waals surface area contributed by atoms with Gasteiger partial charge in [0.25, 0.3) is 0 Å². The molecule has 21 heavy (non-hydrogen) atoms. The monoisotopic (exact) mass is 285 g/mol. The summed E-state index contributed by atoms with van der Waals surface area (Å²) in [6.45, 7) is 0.874. The van der Waals surface area contributed by atoms with E-state index >= 15 is 0 Å². The minimum absolute atomic E-state index is 0.0586. The van der Waals surface area contributed by atoms with Crippen molar-refractivity contribution >= 4 is 0 Å². The summed E-state index contributed by atoms with van der Waals surface area (Å²) in [5, 5.41) is 11.6. The largest absolute Gasteiger partial charge is 0.497 e. The third-order valence-corrected chi connectivity index (χ3v) is 4.87. The number of aliphatic hydroxyl groups is 1. The topological polar surface area (TPSA) is 32.7 Å². The van der Waals surface area contributed by atoms with E-state index in [0.29, 0.717) is 5.92 Å². The van der Waals surface area contributed by atoms with E-state index in [9.17, 15) is 5.11 Å². The first-order valence-electron chi connectivity index (χ1n) is 7.58. The van der Waals surface area contributed by atoms with Crippen LogP contribution >= 0.6 is 0 Å². The van der Waals surface area contributed by atoms with E-state index in [1.807, 2.05) is 24.3 Å². The second-order valence-corrected chi connectivity index (χ2v) is 6.47. The van der Waals surface area contributed by atoms with Crippen LogP contribution in [0, 0.1) is 29.6 Å². The summed E-state index contributed by atoms with van der Waals surface area (Å²) in [5.74, 6) is 7.84. The van der Waals surface area contributed by atoms with Crippen molar-refractivity contribution in [1.29, 1.82) is 0 Å². The maximum absolute atomic E-state index is 11.6. The maximum Gasteiger partial charge on any atom is 0.119 e. The average Bonchev–Trinajstić information content (AvgIpc) is 2.43. The summed E-state index contributed by atoms with van der Waals surface area (Å²) in [6.07, 6.45) is 2.12. The third-order valence-electron chi connectivity index (χ3n) is 4.87. The fourth-order valence-electron chi connectivity index (χ4n) is 3.75. The van der Waals surface area contributed by atoms with Crippen molar-refractivity contribution in [2.45, 2.75) is 18.4 Å². The van der Waals surface area contributed by atoms with E-state index in [0.717, 1.165) is 30.7 Å². The number of methoxy groups -OCH3 is 1. The zero-order chi connectivity index (χ0) is 15.0. The van der Waals surface area contributed by atoms with Crippen LogP contribution in [0.1, 0.15) is 18.4 Å². The molecule has 1 fully saturated rings. The van der Waals surface area contributed by atoms with Gasteiger partial charge >= 0.3 is 0 Å². The van der Waals surface area contributed by atoms with E-state index < -0.39 is 5.60 Å². The minimum atomic E-state index is -0.868. The fourth-order valence-corrected chi connectivity index (χ4v) is 3.75. The predicted molar refractivity (Wildman–Crippen MR) is 82.9 cm³/mol. The van der Waals surface area contributed by atoms with Gasteiger partial charge in [-0.05, 0) is 44.6 Å². The summed E-state index contributed by atoms with van der Waals surface area (Å²) in [5.41, 5.74) is 0.0740. The fraction of sp³-hybridized carbons (Fsp3) is 0.556. The minimum Gasteiger partial charge on any atom is -0.497 e. The van der Waals surface area contributed by atoms with Gasteiger partial charge in [0.1, 0.15) is 11.4 Å². The number of hydrogen-bond acceptors (Lipinski definition) is 3. The Morgan fingerprint density at radius 3 is 2.76 bits per heavy atom. The zero-order valence-corrected chi connectivity index (χ0v) is 13.0. The van der Waals surface area contributed by atoms with Gasteiger partial charge in [0, 0.05) is 18.4 Å². The number of ether oxygens (including phenoxy) is 1. The molecule has 1 aromatic carbocycles. The van der Waals surface area contributed by atoms with Crippen LogP contribution in [0.3, 0.4) is 0 Å². The molecule has 0 amide bonds. The van der Waals surface area contributed by atoms with E-state index in [2.05, 4.69) is 30.8 Å². The molecule has 0 spiro atoms. The first-order valence-corrected chi connectivity index (χ1v) is 7.58. The molecule has 3 heteroatoms. The van der Waals surface area contributed by atoms with E-state index in [4.69, 9.17) is 4.74 Å². The SMILES string of the molecule is COc1cccc(C2(O)C(CN(C)C)CCC3C#CC32)c1. The van der Waals surface area contributed by atoms with Gasteiger partial charge in [-0.3, -0.25) is 0 Å². The van der Waals surface area contributed by atoms with E-state index in [-0.39, 0.29) is 11.8 Å². The van der Waals surface area contributed by atoms with Gasteiger partial charge in [0.2, 0.25) is 0 Å². The van der Waals surface area contributed by atoms with Crippen LogP contribution in [0.15, 0.2) is 24.3 Å². The van der Waals surface area contributed by atoms with Crippen LogP contribution in [0.25, 0.3) is 0 Å². The molecule has 3 nitrogen and oxygen atoms in total. The molecule has 3 rings (SSSR count). The standard InChI is InChI=1S/C18H23NO2/c1-19(2)12-15-9-7-13-8-10-17(13)18(15,20)14-5-4-6-16(11-14)21-3/h4-6,11,13,15,17,20H,7,9,12H2,1-3H3. The van der Waals surface area contributed by atoms with Crippen LogP contribution in [0.2, 0.25) is 0 Å². The molecule has 0 aromatic heterocycles. The Kier molecular flexibility index (Phi) is 3.69. The molecule has 0 saturated heterocycles. The van der Waals surface area contributed by atoms with E-state index in [1.54, 1.807) is 7.11 Å². The van der Waals surface area contributed by atoms with Crippen molar-refractivity contribution in [3.05, 3.63) is 29.8 Å². The number of benzene rings is 1. The summed E-state index contributed by atoms with van der Waals surface area (Å²) in [7, 11) is 5.78. The number of hydrogen-bond donors (Lipinski definition) is 1. The lowest BCUT2D eigenvalue weighted by Crippen LogP contribution is -2.53. The lowest BCUT2D eigenvalue weighted by atomic mass is 9.58. The number of rotatable bonds is 4. The predicted octanol–water partition coefficient (Wildman–Crippen LogP) is 2.10. The molecule has 4 atom stereocenters. The molecule has 0 heterocycles. The van der Waals surface area contributed by atoms with Gasteiger partial charge in [0.05, 0.1) is 13.0 Å². The molecule has 1 aromatic rings. The second kappa shape index (κ2) is 5.36. The molecule has 1 N–H and O–H groups in total. The Bertz CT molecular complexity index is 586. The van der Waals surface area contributed by atoms with Gasteiger partial charge in [-0.2, -0.15) is 0 Å². The lowest BCUT2D eigenvalue weighted by molar-refractivity contribution is -0.105. The Hall–Kier alpha value is -1.50. The molecule has 2 aliphatic carbocycles. The first kappa shape index (κ1) is 14.4. The molecule has 0 bridgehead atoms. The van der Waals surface area contributed by atoms with Crippen LogP contribution in [0.5, 0.6) is 5.75 Å². The highest BCUT2D eigenvalue weighted by molar-refractivity contribution is 5.40. The zero-order valence-electron chi connectivity index (χ0n) is 13.0. The molecule has 0 aliphatic heterocycles. The molecular weight excluding hydrogens is 262 g/mol. The Morgan fingerprint density at radius 1 is 1.33 bits per heavy atom. The van der Waals surface area contributed by atoms with Crippen molar-refractivity contribution in [2.24, 2.45) is 17.8 Å². The quantitative estimate of drug-likeness (QED) is 0.860. The van der Waals surface area contributed by atoms with Crippen molar-refractivity contribution in [2.75, 3.05) is 27.7 Å². The molecule has 1 saturated carbocycles. The smallest absolute Gasteiger partial charge is 0.119 e. The van der Waals surface area contributed by atoms with Crippen LogP contribution in [-0.2, 0) is 5.60 Å². The second-order valence-electron chi connectivity index (χ2n) is 6.47. The summed E-state index contributed by atoms with van der Waals surface area (Å²) in [6, 6.07) is 7.84. The van der Waals surface area contributed by atoms with Crippen LogP contribution < -0.4 is 4.74 Å². The van der Waals surface area contributed by atoms with Crippen LogP contribution in [0.4, 0.5) is 0 Å². The Balaban J connectivity index is 2.01. The van der Waals surface area contributed by atoms with Gasteiger partial charge < -0.3 is 14.7 Å². The molecule has 4 unspecified atom stereocenters. The highest BCUT2D eigenvalue weighted by Crippen LogP contribution is 2.51. The highest BCUT2D eigenvalue weighted by atomic mass is 16.5. The molecular formula is C18H23NO2. The molecule has 0 radical (unpaired) electrons. The third kappa shape index (κ3) is 2.33. The van der Waals surface area contributed by atoms with Gasteiger partial charge in [-0.1, -0.05) is 24.0 Å². The maximum atomic E-state index is 11.6. The van der Waals surface area contributed by atoms with Crippen molar-refractivity contribution < 1.29 is 9.84 Å². The molecule has 2 aliphatic rings. The van der Waals surface area contributed by atoms with Crippen LogP contribution in [-0.4, -0.2) is 37.8 Å². The number of nitrogens with zero attached hydrogens (tertiary/aromatic N) is 1. The van der Waals surface area contributed by atoms with Crippen molar-refractivity contribution in [3.63, 3.8) is 0 Å². The summed E-state index contributed by atoms with van der Waals surface area (Å²) >= 11 is 0. The average molecular weight is 285 g/mol. The Morgan fingerprint density at radius 2 is 2.14 bits per heavy atom. The first-order chi connectivity index (χ1) is 10.1. The normalized spacial score (nSPS) is 33.7. The van der Waals surface area contributed by atoms with Crippen molar-refractivity contribution in [1.82, 2.24) is 4.90 Å². The van der Waals surface area contributed by atoms with Gasteiger partial charge in [-0.25, -0.2) is 0 Å². The van der Waals surface area contributed by atoms with Gasteiger partial charge in [-0.15, -0.1) is 0 Å². The Labute approximate surface area is 126 Å². The van der Waals surface area contributed by atoms with Crippen molar-refractivity contribution in [3.8, 4) is 17.6 Å². The van der Waals surface area contributed by atoms with Gasteiger partial charge in [0.15, 0.2) is 0 Å². The summed E-state index contributed by atoms with van der Waals surface area (Å²) < 4.78 is 5.33. The summed E-state index contributed by atoms with van der Waals surface area (Å²) in [4.78, 5) is 2.15. The lowest BCUT2D eigenvalue weighted by Gasteiger charge is -2.50. The molecule has 112 valence electrons. The number of fused-ring (bicyclic) bond motifs is 1. The van der Waals surface area contributed by atoms with E-state index in [1.165, 1.54) is 0 Å². The highest BCUT2D eigenvalue weighted by Gasteiger charge is 2.53.